The predicted octanol–water partition coefficient (Wildman–Crippen LogP) is 3.57. The zero-order valence-electron chi connectivity index (χ0n) is 12.0. The van der Waals surface area contributed by atoms with Crippen LogP contribution in [0.5, 0.6) is 0 Å². The average molecular weight is 271 g/mol. The fourth-order valence-corrected chi connectivity index (χ4v) is 2.27. The molecule has 1 rings (SSSR count). The van der Waals surface area contributed by atoms with Gasteiger partial charge in [0, 0.05) is 18.9 Å². The molecule has 0 bridgehead atoms. The lowest BCUT2D eigenvalue weighted by Crippen LogP contribution is -2.19. The van der Waals surface area contributed by atoms with E-state index in [-0.39, 0.29) is 5.41 Å². The van der Waals surface area contributed by atoms with Crippen molar-refractivity contribution >= 4 is 17.4 Å². The molecular formula is C14H23ClN2O. The molecule has 0 N–H and O–H groups in total. The molecule has 0 fully saturated rings. The van der Waals surface area contributed by atoms with Crippen molar-refractivity contribution in [3.05, 3.63) is 16.4 Å². The summed E-state index contributed by atoms with van der Waals surface area (Å²) in [7, 11) is 1.91. The van der Waals surface area contributed by atoms with Crippen molar-refractivity contribution in [2.75, 3.05) is 0 Å². The number of nitrogens with zero attached hydrogens (tertiary/aromatic N) is 2. The molecule has 1 heterocycles. The zero-order valence-corrected chi connectivity index (χ0v) is 12.8. The molecule has 1 aromatic rings. The van der Waals surface area contributed by atoms with Gasteiger partial charge in [-0.25, -0.2) is 0 Å². The van der Waals surface area contributed by atoms with E-state index in [9.17, 15) is 4.79 Å². The Balaban J connectivity index is 2.60. The van der Waals surface area contributed by atoms with E-state index in [0.717, 1.165) is 35.7 Å². The first-order valence-electron chi connectivity index (χ1n) is 6.51. The van der Waals surface area contributed by atoms with E-state index < -0.39 is 0 Å². The van der Waals surface area contributed by atoms with E-state index in [1.807, 2.05) is 39.4 Å². The average Bonchev–Trinajstić information content (AvgIpc) is 2.54. The number of aromatic nitrogens is 2. The maximum atomic E-state index is 11.8. The Morgan fingerprint density at radius 1 is 1.39 bits per heavy atom. The number of carbonyl (C=O) groups is 1. The lowest BCUT2D eigenvalue weighted by Gasteiger charge is -2.16. The van der Waals surface area contributed by atoms with Crippen LogP contribution in [-0.4, -0.2) is 15.6 Å². The molecule has 0 spiro atoms. The number of halogens is 1. The van der Waals surface area contributed by atoms with Gasteiger partial charge in [-0.2, -0.15) is 5.10 Å². The molecule has 0 atom stereocenters. The molecule has 0 aliphatic heterocycles. The van der Waals surface area contributed by atoms with Crippen molar-refractivity contribution in [1.29, 1.82) is 0 Å². The van der Waals surface area contributed by atoms with Crippen LogP contribution in [0, 0.1) is 5.41 Å². The van der Waals surface area contributed by atoms with Gasteiger partial charge in [0.15, 0.2) is 0 Å². The second kappa shape index (κ2) is 5.87. The molecule has 18 heavy (non-hydrogen) atoms. The highest BCUT2D eigenvalue weighted by molar-refractivity contribution is 6.31. The molecule has 102 valence electrons. The molecule has 0 aromatic carbocycles. The quantitative estimate of drug-likeness (QED) is 0.820. The molecule has 0 aliphatic rings. The van der Waals surface area contributed by atoms with Gasteiger partial charge in [-0.3, -0.25) is 9.48 Å². The normalized spacial score (nSPS) is 11.9. The molecular weight excluding hydrogens is 248 g/mol. The van der Waals surface area contributed by atoms with Crippen molar-refractivity contribution in [3.8, 4) is 0 Å². The fraction of sp³-hybridized carbons (Fsp3) is 0.714. The summed E-state index contributed by atoms with van der Waals surface area (Å²) in [5, 5.41) is 5.14. The van der Waals surface area contributed by atoms with Gasteiger partial charge in [0.05, 0.1) is 16.4 Å². The van der Waals surface area contributed by atoms with Crippen LogP contribution in [0.3, 0.4) is 0 Å². The summed E-state index contributed by atoms with van der Waals surface area (Å²) < 4.78 is 1.84. The third-order valence-corrected chi connectivity index (χ3v) is 3.59. The minimum Gasteiger partial charge on any atom is -0.299 e. The van der Waals surface area contributed by atoms with Gasteiger partial charge in [0.2, 0.25) is 0 Å². The van der Waals surface area contributed by atoms with E-state index in [0.29, 0.717) is 12.2 Å². The zero-order chi connectivity index (χ0) is 13.9. The highest BCUT2D eigenvalue weighted by Crippen LogP contribution is 2.24. The second-order valence-corrected chi connectivity index (χ2v) is 6.09. The molecule has 0 unspecified atom stereocenters. The Kier molecular flexibility index (Phi) is 4.97. The first kappa shape index (κ1) is 15.2. The summed E-state index contributed by atoms with van der Waals surface area (Å²) in [6.45, 7) is 7.92. The molecule has 0 amide bonds. The largest absolute Gasteiger partial charge is 0.299 e. The number of rotatable bonds is 5. The third-order valence-electron chi connectivity index (χ3n) is 3.16. The summed E-state index contributed by atoms with van der Waals surface area (Å²) in [5.74, 6) is 0.302. The minimum atomic E-state index is -0.245. The second-order valence-electron chi connectivity index (χ2n) is 5.71. The topological polar surface area (TPSA) is 34.9 Å². The van der Waals surface area contributed by atoms with Crippen LogP contribution in [0.25, 0.3) is 0 Å². The first-order chi connectivity index (χ1) is 8.27. The molecule has 0 radical (unpaired) electrons. The Hall–Kier alpha value is -0.830. The van der Waals surface area contributed by atoms with Crippen molar-refractivity contribution in [1.82, 2.24) is 9.78 Å². The Morgan fingerprint density at radius 3 is 2.44 bits per heavy atom. The molecule has 0 saturated heterocycles. The summed E-state index contributed by atoms with van der Waals surface area (Å²) in [6, 6.07) is 0. The summed E-state index contributed by atoms with van der Waals surface area (Å²) in [6.07, 6.45) is 3.09. The van der Waals surface area contributed by atoms with E-state index >= 15 is 0 Å². The van der Waals surface area contributed by atoms with Crippen molar-refractivity contribution in [2.24, 2.45) is 12.5 Å². The monoisotopic (exact) mass is 270 g/mol. The Morgan fingerprint density at radius 2 is 2.00 bits per heavy atom. The smallest absolute Gasteiger partial charge is 0.138 e. The van der Waals surface area contributed by atoms with Crippen LogP contribution in [0.15, 0.2) is 0 Å². The summed E-state index contributed by atoms with van der Waals surface area (Å²) in [4.78, 5) is 11.8. The lowest BCUT2D eigenvalue weighted by molar-refractivity contribution is -0.126. The van der Waals surface area contributed by atoms with E-state index in [4.69, 9.17) is 11.6 Å². The van der Waals surface area contributed by atoms with E-state index in [1.54, 1.807) is 0 Å². The molecule has 0 aliphatic carbocycles. The number of Topliss-reactive ketones (excluding diaryl/α,β-unsaturated/α-hetero) is 1. The highest BCUT2D eigenvalue weighted by atomic mass is 35.5. The minimum absolute atomic E-state index is 0.245. The van der Waals surface area contributed by atoms with Gasteiger partial charge in [-0.05, 0) is 19.3 Å². The van der Waals surface area contributed by atoms with Crippen molar-refractivity contribution in [3.63, 3.8) is 0 Å². The van der Waals surface area contributed by atoms with Gasteiger partial charge in [-0.1, -0.05) is 39.3 Å². The Labute approximate surface area is 115 Å². The van der Waals surface area contributed by atoms with Crippen molar-refractivity contribution < 1.29 is 4.79 Å². The van der Waals surface area contributed by atoms with Gasteiger partial charge >= 0.3 is 0 Å². The van der Waals surface area contributed by atoms with Gasteiger partial charge in [-0.15, -0.1) is 0 Å². The number of hydrogen-bond acceptors (Lipinski definition) is 2. The Bertz CT molecular complexity index is 430. The fourth-order valence-electron chi connectivity index (χ4n) is 1.88. The number of aryl methyl sites for hydroxylation is 2. The third kappa shape index (κ3) is 3.58. The van der Waals surface area contributed by atoms with Crippen LogP contribution in [0.1, 0.15) is 51.9 Å². The van der Waals surface area contributed by atoms with E-state index in [2.05, 4.69) is 5.10 Å². The first-order valence-corrected chi connectivity index (χ1v) is 6.88. The predicted molar refractivity (Wildman–Crippen MR) is 75.0 cm³/mol. The molecule has 3 nitrogen and oxygen atoms in total. The number of hydrogen-bond donors (Lipinski definition) is 0. The van der Waals surface area contributed by atoms with Crippen LogP contribution in [-0.2, 0) is 24.7 Å². The maximum absolute atomic E-state index is 11.8. The number of ketones is 1. The van der Waals surface area contributed by atoms with Gasteiger partial charge in [0.1, 0.15) is 5.78 Å². The van der Waals surface area contributed by atoms with Crippen LogP contribution in [0.2, 0.25) is 5.02 Å². The van der Waals surface area contributed by atoms with E-state index in [1.165, 1.54) is 0 Å². The van der Waals surface area contributed by atoms with Crippen LogP contribution < -0.4 is 0 Å². The van der Waals surface area contributed by atoms with Crippen molar-refractivity contribution in [2.45, 2.75) is 53.4 Å². The number of carbonyl (C=O) groups excluding carboxylic acids is 1. The maximum Gasteiger partial charge on any atom is 0.138 e. The molecule has 1 aromatic heterocycles. The standard InChI is InChI=1S/C14H23ClN2O/c1-6-10-13(15)11(17(5)16-10)8-7-9-12(18)14(2,3)4/h6-9H2,1-5H3. The molecule has 0 saturated carbocycles. The van der Waals surface area contributed by atoms with Crippen LogP contribution >= 0.6 is 11.6 Å². The van der Waals surface area contributed by atoms with Gasteiger partial charge < -0.3 is 0 Å². The van der Waals surface area contributed by atoms with Crippen LogP contribution in [0.4, 0.5) is 0 Å². The molecule has 4 heteroatoms. The van der Waals surface area contributed by atoms with Gasteiger partial charge in [0.25, 0.3) is 0 Å². The summed E-state index contributed by atoms with van der Waals surface area (Å²) >= 11 is 6.27. The lowest BCUT2D eigenvalue weighted by atomic mass is 9.88. The highest BCUT2D eigenvalue weighted by Gasteiger charge is 2.21. The SMILES string of the molecule is CCc1nn(C)c(CCCC(=O)C(C)(C)C)c1Cl. The summed E-state index contributed by atoms with van der Waals surface area (Å²) in [5.41, 5.74) is 1.73.